The van der Waals surface area contributed by atoms with Crippen molar-refractivity contribution in [1.29, 1.82) is 0 Å². The molecule has 0 spiro atoms. The molecule has 127 heavy (non-hydrogen) atoms. The fraction of sp³-hybridized carbons (Fsp3) is 0.540. The van der Waals surface area contributed by atoms with Gasteiger partial charge in [0.2, 0.25) is 0 Å². The largest absolute Gasteiger partial charge is 0.509 e. The first-order chi connectivity index (χ1) is 57.5. The van der Waals surface area contributed by atoms with E-state index in [-0.39, 0.29) is 276 Å². The van der Waals surface area contributed by atoms with Crippen LogP contribution in [0.5, 0.6) is 0 Å². The maximum atomic E-state index is 12.1. The molecule has 2 unspecified atom stereocenters. The minimum absolute atomic E-state index is 0. The Morgan fingerprint density at radius 1 is 0.370 bits per heavy atom. The molecule has 5 heterocycles. The summed E-state index contributed by atoms with van der Waals surface area (Å²) in [5.41, 5.74) is 9.89. The normalized spacial score (nSPS) is 22.6. The molecule has 10 rings (SSSR count). The average molecular weight is 2150 g/mol. The van der Waals surface area contributed by atoms with Crippen molar-refractivity contribution < 1.29 is 305 Å². The Labute approximate surface area is 880 Å². The number of carbonyl (C=O) groups excluding carboxylic acids is 5. The van der Waals surface area contributed by atoms with Crippen LogP contribution in [0.2, 0.25) is 0 Å². The zero-order chi connectivity index (χ0) is 89.4. The quantitative estimate of drug-likeness (QED) is 0.0178. The van der Waals surface area contributed by atoms with Gasteiger partial charge in [0.1, 0.15) is 61.5 Å². The van der Waals surface area contributed by atoms with Crippen LogP contribution in [0.3, 0.4) is 0 Å². The third-order valence-electron chi connectivity index (χ3n) is 20.3. The van der Waals surface area contributed by atoms with Gasteiger partial charge in [-0.25, -0.2) is 24.0 Å². The molecule has 5 fully saturated rings. The Hall–Kier alpha value is -2.31. The average Bonchev–Trinajstić information content (AvgIpc) is 1.49. The summed E-state index contributed by atoms with van der Waals surface area (Å²) in [7, 11) is 13.7. The predicted molar refractivity (Wildman–Crippen MR) is 461 cm³/mol. The number of ether oxygens (including phenoxy) is 15. The van der Waals surface area contributed by atoms with Crippen LogP contribution in [-0.2, 0) is 300 Å². The van der Waals surface area contributed by atoms with Crippen LogP contribution in [0.15, 0.2) is 109 Å². The van der Waals surface area contributed by atoms with E-state index in [2.05, 4.69) is 34.6 Å². The molecule has 5 aromatic rings. The van der Waals surface area contributed by atoms with Gasteiger partial charge < -0.3 is 152 Å². The van der Waals surface area contributed by atoms with Crippen LogP contribution in [0.25, 0.3) is 0 Å². The first kappa shape index (κ1) is 125. The maximum Gasteiger partial charge on any atom is 0.509 e. The summed E-state index contributed by atoms with van der Waals surface area (Å²) in [4.78, 5) is 59.7. The zero-order valence-electron chi connectivity index (χ0n) is 76.7. The summed E-state index contributed by atoms with van der Waals surface area (Å²) >= 11 is 0. The Kier molecular flexibility index (Phi) is 62.7. The second-order valence-corrected chi connectivity index (χ2v) is 30.2. The molecule has 0 N–H and O–H groups in total. The van der Waals surface area contributed by atoms with E-state index in [4.69, 9.17) is 118 Å². The van der Waals surface area contributed by atoms with Crippen LogP contribution in [-0.4, -0.2) is 229 Å². The van der Waals surface area contributed by atoms with Crippen molar-refractivity contribution >= 4 is 93.7 Å². The van der Waals surface area contributed by atoms with Crippen molar-refractivity contribution in [3.05, 3.63) is 183 Å². The first-order valence-corrected chi connectivity index (χ1v) is 40.0. The Bertz CT molecular complexity index is 3940. The van der Waals surface area contributed by atoms with Gasteiger partial charge in [0.15, 0.2) is 0 Å². The van der Waals surface area contributed by atoms with Crippen LogP contribution in [0, 0.1) is 48.5 Å². The SMILES string of the molecule is C.[CH2-][C@H]1O[C@@H](C)C[C@H]1OC(=O)OC(C)(C)c1ccc(B(OC)OC)cc1.[CH2-][C@H]1O[C@@H](C)C[C@H]1OC(=O)OC(C)c1ccc(B(OC)OC)cc1.[CH2-][C@H]1O[C@@H](C)C[C@H]1OC(=O)OC(C)c1ccc(B(OC)OC)cc1C.[CH2-][C@H]1O[C@@H](C)C[C@H]1OC(=O)OCc1ccc(B(OC)OC)cc1.[CH2-][C@H]1O[C@@H](C)C[C@H]1OC(=O)OCc1ccc(B(OC)OC)cc1C.[Y].[Y].[Y].[Y].[Y]. The first-order valence-electron chi connectivity index (χ1n) is 40.0. The van der Waals surface area contributed by atoms with E-state index >= 15 is 0 Å². The molecule has 5 aromatic carbocycles. The van der Waals surface area contributed by atoms with E-state index in [0.717, 1.165) is 66.3 Å². The topological polar surface area (TPSA) is 316 Å². The molecule has 689 valence electrons. The van der Waals surface area contributed by atoms with Crippen molar-refractivity contribution in [3.63, 3.8) is 0 Å². The van der Waals surface area contributed by atoms with Gasteiger partial charge in [0.25, 0.3) is 0 Å². The smallest absolute Gasteiger partial charge is 0.431 e. The summed E-state index contributed by atoms with van der Waals surface area (Å²) in [5, 5.41) is 0. The molecule has 5 aliphatic heterocycles. The third kappa shape index (κ3) is 41.3. The Balaban J connectivity index is 0.00000154. The molecule has 40 heteroatoms. The van der Waals surface area contributed by atoms with Crippen LogP contribution < -0.4 is 27.3 Å². The van der Waals surface area contributed by atoms with Crippen molar-refractivity contribution in [2.75, 3.05) is 71.1 Å². The molecular formula is C87H126B5O30Y5-5. The van der Waals surface area contributed by atoms with Crippen LogP contribution >= 0.6 is 0 Å². The molecule has 5 radical (unpaired) electrons. The van der Waals surface area contributed by atoms with Gasteiger partial charge in [-0.15, -0.1) is 0 Å². The van der Waals surface area contributed by atoms with Crippen molar-refractivity contribution in [2.45, 2.75) is 238 Å². The van der Waals surface area contributed by atoms with Crippen molar-refractivity contribution in [1.82, 2.24) is 0 Å². The summed E-state index contributed by atoms with van der Waals surface area (Å²) in [6, 6.07) is 33.8. The number of rotatable bonds is 30. The Morgan fingerprint density at radius 3 is 0.961 bits per heavy atom. The monoisotopic (exact) mass is 2150 g/mol. The molecule has 30 nitrogen and oxygen atoms in total. The Morgan fingerprint density at radius 2 is 0.646 bits per heavy atom. The minimum Gasteiger partial charge on any atom is -0.431 e. The van der Waals surface area contributed by atoms with Gasteiger partial charge in [-0.05, 0) is 173 Å². The van der Waals surface area contributed by atoms with Crippen LogP contribution in [0.4, 0.5) is 24.0 Å². The summed E-state index contributed by atoms with van der Waals surface area (Å²) in [6.45, 7) is 40.1. The van der Waals surface area contributed by atoms with Gasteiger partial charge in [-0.1, -0.05) is 117 Å². The van der Waals surface area contributed by atoms with E-state index in [0.29, 0.717) is 32.1 Å². The van der Waals surface area contributed by atoms with E-state index < -0.39 is 84.2 Å². The second kappa shape index (κ2) is 63.9. The van der Waals surface area contributed by atoms with Crippen molar-refractivity contribution in [2.24, 2.45) is 0 Å². The fourth-order valence-corrected chi connectivity index (χ4v) is 13.9. The van der Waals surface area contributed by atoms with Crippen molar-refractivity contribution in [3.8, 4) is 0 Å². The summed E-state index contributed by atoms with van der Waals surface area (Å²) in [5.74, 6) is 0. The van der Waals surface area contributed by atoms with Gasteiger partial charge in [-0.3, -0.25) is 0 Å². The standard InChI is InChI=1S/2C18H26BO6.2C17H24BO6.C16H22BO6.CH4.5Y/c1-12-11-16(13(2)23-12)24-17(20)25-18(3,4)14-7-9-15(10-8-14)19(21-5)22-6;1-11-9-15(19(21-5)22-6)7-8-16(11)13(3)24-18(20)25-17-10-12(2)23-14(17)4;1-11-10-16(13(3)22-11)24-17(19)23-12(2)14-6-8-15(9-7-14)18(20-4)21-5;1-11-8-15(18(20-4)21-5)7-6-14(11)10-22-17(19)24-16-9-12(2)23-13(16)3;1-11-9-15(12(2)22-11)23-16(18)21-10-13-5-7-14(8-6-13)17(19-3)20-4;;;;;;/h7-10,12-13,16H,2,11H2,1,3-6H3;7-9,12-14,17H,4,10H2,1-3,5-6H3;6-9,11-13,16H,3,10H2,1-2,4-5H3;6-8,12-13,16H,3,9-10H2,1-2,4-5H3;5-8,11-12,15H,2,9-10H2,1,3-4H3;1H4;;;;;/q5*-1;;;;;;/t12-,13+,16+;12-,13?,14+,17+;11-,12?,13+,16+;12-,13+,16+;11-,12+,15+;;;;;;/m00000....../s1. The molecule has 17 atom stereocenters. The fourth-order valence-electron chi connectivity index (χ4n) is 13.9. The van der Waals surface area contributed by atoms with Gasteiger partial charge in [0, 0.05) is 267 Å². The predicted octanol–water partition coefficient (Wildman–Crippen LogP) is 11.6. The molecular weight excluding hydrogens is 2020 g/mol. The molecule has 5 saturated heterocycles. The number of aryl methyl sites for hydroxylation is 2. The van der Waals surface area contributed by atoms with Gasteiger partial charge >= 0.3 is 66.4 Å². The zero-order valence-corrected chi connectivity index (χ0v) is 90.9. The molecule has 5 aliphatic rings. The molecule has 0 aliphatic carbocycles. The summed E-state index contributed by atoms with van der Waals surface area (Å²) in [6.07, 6.45) is -4.78. The number of hydrogen-bond acceptors (Lipinski definition) is 30. The van der Waals surface area contributed by atoms with E-state index in [1.807, 2.05) is 178 Å². The third-order valence-corrected chi connectivity index (χ3v) is 20.3. The van der Waals surface area contributed by atoms with E-state index in [1.165, 1.54) is 0 Å². The second-order valence-electron chi connectivity index (χ2n) is 30.2. The number of carbonyl (C=O) groups is 5. The summed E-state index contributed by atoms with van der Waals surface area (Å²) < 4.78 is 132. The van der Waals surface area contributed by atoms with Crippen LogP contribution in [0.1, 0.15) is 153 Å². The molecule has 0 saturated carbocycles. The molecule has 0 aromatic heterocycles. The number of benzene rings is 5. The van der Waals surface area contributed by atoms with Gasteiger partial charge in [0.05, 0.1) is 30.5 Å². The molecule has 0 amide bonds. The van der Waals surface area contributed by atoms with E-state index in [9.17, 15) is 24.0 Å². The minimum atomic E-state index is -0.840. The number of hydrogen-bond donors (Lipinski definition) is 0. The molecule has 0 bridgehead atoms. The van der Waals surface area contributed by atoms with E-state index in [1.54, 1.807) is 78.0 Å². The maximum absolute atomic E-state index is 12.1. The van der Waals surface area contributed by atoms with Gasteiger partial charge in [-0.2, -0.15) is 0 Å².